The van der Waals surface area contributed by atoms with E-state index in [1.54, 1.807) is 24.3 Å². The highest BCUT2D eigenvalue weighted by molar-refractivity contribution is 6.08. The summed E-state index contributed by atoms with van der Waals surface area (Å²) in [4.78, 5) is 23.8. The first kappa shape index (κ1) is 20.3. The zero-order valence-electron chi connectivity index (χ0n) is 14.8. The van der Waals surface area contributed by atoms with Gasteiger partial charge in [-0.05, 0) is 56.3 Å². The molecule has 2 N–H and O–H groups in total. The van der Waals surface area contributed by atoms with Crippen LogP contribution in [0.4, 0.5) is 24.5 Å². The predicted octanol–water partition coefficient (Wildman–Crippen LogP) is 4.46. The number of rotatable bonds is 6. The first-order valence-electron chi connectivity index (χ1n) is 8.17. The van der Waals surface area contributed by atoms with Crippen LogP contribution in [0.1, 0.15) is 25.8 Å². The Morgan fingerprint density at radius 2 is 1.56 bits per heavy atom. The van der Waals surface area contributed by atoms with Gasteiger partial charge in [0.05, 0.1) is 11.7 Å². The molecule has 0 heterocycles. The lowest BCUT2D eigenvalue weighted by molar-refractivity contribution is -0.137. The van der Waals surface area contributed by atoms with Crippen LogP contribution < -0.4 is 15.4 Å². The minimum atomic E-state index is -4.51. The van der Waals surface area contributed by atoms with Gasteiger partial charge < -0.3 is 15.4 Å². The fourth-order valence-corrected chi connectivity index (χ4v) is 2.22. The molecule has 0 aromatic heterocycles. The number of carbonyl (C=O) groups excluding carboxylic acids is 2. The molecule has 144 valence electrons. The number of hydrogen-bond acceptors (Lipinski definition) is 3. The number of amides is 2. The third-order valence-electron chi connectivity index (χ3n) is 3.30. The molecule has 0 aliphatic carbocycles. The standard InChI is InChI=1S/C19H19F3N2O3/c1-12(2)27-16-8-6-14(7-9-16)23-17(25)11-18(26)24-15-5-3-4-13(10-15)19(20,21)22/h3-10,12H,11H2,1-2H3,(H,23,25)(H,24,26). The SMILES string of the molecule is CC(C)Oc1ccc(NC(=O)CC(=O)Nc2cccc(C(F)(F)F)c2)cc1. The number of anilines is 2. The molecule has 2 rings (SSSR count). The fourth-order valence-electron chi connectivity index (χ4n) is 2.22. The van der Waals surface area contributed by atoms with E-state index >= 15 is 0 Å². The van der Waals surface area contributed by atoms with E-state index in [1.165, 1.54) is 12.1 Å². The minimum Gasteiger partial charge on any atom is -0.491 e. The van der Waals surface area contributed by atoms with Crippen LogP contribution >= 0.6 is 0 Å². The Morgan fingerprint density at radius 3 is 2.11 bits per heavy atom. The Hall–Kier alpha value is -3.03. The fraction of sp³-hybridized carbons (Fsp3) is 0.263. The van der Waals surface area contributed by atoms with Gasteiger partial charge in [-0.3, -0.25) is 9.59 Å². The minimum absolute atomic E-state index is 0.0185. The predicted molar refractivity (Wildman–Crippen MR) is 95.5 cm³/mol. The second-order valence-electron chi connectivity index (χ2n) is 6.04. The first-order valence-corrected chi connectivity index (χ1v) is 8.17. The van der Waals surface area contributed by atoms with Crippen molar-refractivity contribution in [2.45, 2.75) is 32.5 Å². The third-order valence-corrected chi connectivity index (χ3v) is 3.30. The van der Waals surface area contributed by atoms with Crippen molar-refractivity contribution < 1.29 is 27.5 Å². The van der Waals surface area contributed by atoms with E-state index in [9.17, 15) is 22.8 Å². The van der Waals surface area contributed by atoms with Crippen LogP contribution in [0.5, 0.6) is 5.75 Å². The van der Waals surface area contributed by atoms with Gasteiger partial charge in [0.1, 0.15) is 12.2 Å². The van der Waals surface area contributed by atoms with E-state index < -0.39 is 30.0 Å². The Labute approximate surface area is 154 Å². The Morgan fingerprint density at radius 1 is 0.963 bits per heavy atom. The molecule has 8 heteroatoms. The number of benzene rings is 2. The number of ether oxygens (including phenoxy) is 1. The van der Waals surface area contributed by atoms with E-state index in [2.05, 4.69) is 10.6 Å². The molecular weight excluding hydrogens is 361 g/mol. The van der Waals surface area contributed by atoms with E-state index in [0.717, 1.165) is 12.1 Å². The molecule has 0 radical (unpaired) electrons. The van der Waals surface area contributed by atoms with Crippen LogP contribution in [0, 0.1) is 0 Å². The average molecular weight is 380 g/mol. The monoisotopic (exact) mass is 380 g/mol. The highest BCUT2D eigenvalue weighted by atomic mass is 19.4. The van der Waals surface area contributed by atoms with Gasteiger partial charge in [-0.1, -0.05) is 6.07 Å². The lowest BCUT2D eigenvalue weighted by Gasteiger charge is -2.11. The normalized spacial score (nSPS) is 11.2. The van der Waals surface area contributed by atoms with Gasteiger partial charge in [0.2, 0.25) is 11.8 Å². The lowest BCUT2D eigenvalue weighted by atomic mass is 10.2. The lowest BCUT2D eigenvalue weighted by Crippen LogP contribution is -2.21. The Bertz CT molecular complexity index is 803. The van der Waals surface area contributed by atoms with Crippen molar-refractivity contribution in [1.82, 2.24) is 0 Å². The van der Waals surface area contributed by atoms with E-state index in [1.807, 2.05) is 13.8 Å². The number of halogens is 3. The van der Waals surface area contributed by atoms with Gasteiger partial charge in [-0.25, -0.2) is 0 Å². The summed E-state index contributed by atoms with van der Waals surface area (Å²) >= 11 is 0. The molecule has 2 aromatic carbocycles. The van der Waals surface area contributed by atoms with Gasteiger partial charge in [-0.2, -0.15) is 13.2 Å². The summed E-state index contributed by atoms with van der Waals surface area (Å²) in [6, 6.07) is 10.8. The van der Waals surface area contributed by atoms with E-state index in [0.29, 0.717) is 11.4 Å². The van der Waals surface area contributed by atoms with Gasteiger partial charge in [0.25, 0.3) is 0 Å². The van der Waals surface area contributed by atoms with Crippen molar-refractivity contribution in [3.05, 3.63) is 54.1 Å². The molecular formula is C19H19F3N2O3. The summed E-state index contributed by atoms with van der Waals surface area (Å²) in [5.74, 6) is -0.658. The van der Waals surface area contributed by atoms with Crippen LogP contribution in [0.25, 0.3) is 0 Å². The van der Waals surface area contributed by atoms with E-state index in [-0.39, 0.29) is 11.8 Å². The van der Waals surface area contributed by atoms with Crippen molar-refractivity contribution in [2.24, 2.45) is 0 Å². The quantitative estimate of drug-likeness (QED) is 0.727. The second kappa shape index (κ2) is 8.57. The van der Waals surface area contributed by atoms with Crippen LogP contribution in [0.15, 0.2) is 48.5 Å². The number of nitrogens with one attached hydrogen (secondary N) is 2. The average Bonchev–Trinajstić information content (AvgIpc) is 2.55. The summed E-state index contributed by atoms with van der Waals surface area (Å²) in [7, 11) is 0. The van der Waals surface area contributed by atoms with Crippen molar-refractivity contribution in [3.8, 4) is 5.75 Å². The summed E-state index contributed by atoms with van der Waals surface area (Å²) in [5.41, 5.74) is -0.436. The van der Waals surface area contributed by atoms with Crippen LogP contribution in [0.2, 0.25) is 0 Å². The van der Waals surface area contributed by atoms with Crippen LogP contribution in [-0.4, -0.2) is 17.9 Å². The maximum atomic E-state index is 12.7. The first-order chi connectivity index (χ1) is 12.6. The molecule has 0 bridgehead atoms. The van der Waals surface area contributed by atoms with Crippen molar-refractivity contribution in [1.29, 1.82) is 0 Å². The second-order valence-corrected chi connectivity index (χ2v) is 6.04. The number of carbonyl (C=O) groups is 2. The van der Waals surface area contributed by atoms with Crippen molar-refractivity contribution >= 4 is 23.2 Å². The molecule has 0 atom stereocenters. The van der Waals surface area contributed by atoms with Crippen LogP contribution in [-0.2, 0) is 15.8 Å². The molecule has 0 saturated carbocycles. The molecule has 0 fully saturated rings. The van der Waals surface area contributed by atoms with Crippen LogP contribution in [0.3, 0.4) is 0 Å². The van der Waals surface area contributed by atoms with Gasteiger partial charge in [-0.15, -0.1) is 0 Å². The number of alkyl halides is 3. The van der Waals surface area contributed by atoms with Gasteiger partial charge >= 0.3 is 6.18 Å². The molecule has 2 amide bonds. The molecule has 5 nitrogen and oxygen atoms in total. The van der Waals surface area contributed by atoms with Gasteiger partial charge in [0.15, 0.2) is 0 Å². The largest absolute Gasteiger partial charge is 0.491 e. The molecule has 0 unspecified atom stereocenters. The van der Waals surface area contributed by atoms with E-state index in [4.69, 9.17) is 4.74 Å². The molecule has 0 aliphatic rings. The maximum Gasteiger partial charge on any atom is 0.416 e. The Balaban J connectivity index is 1.89. The van der Waals surface area contributed by atoms with Crippen molar-refractivity contribution in [3.63, 3.8) is 0 Å². The smallest absolute Gasteiger partial charge is 0.416 e. The highest BCUT2D eigenvalue weighted by Gasteiger charge is 2.30. The summed E-state index contributed by atoms with van der Waals surface area (Å²) in [6.45, 7) is 3.78. The third kappa shape index (κ3) is 6.65. The molecule has 2 aromatic rings. The molecule has 0 saturated heterocycles. The zero-order valence-corrected chi connectivity index (χ0v) is 14.8. The number of hydrogen-bond donors (Lipinski definition) is 2. The van der Waals surface area contributed by atoms with Gasteiger partial charge in [0, 0.05) is 11.4 Å². The summed E-state index contributed by atoms with van der Waals surface area (Å²) < 4.78 is 43.5. The molecule has 27 heavy (non-hydrogen) atoms. The Kier molecular flexibility index (Phi) is 6.44. The highest BCUT2D eigenvalue weighted by Crippen LogP contribution is 2.30. The molecule has 0 aliphatic heterocycles. The topological polar surface area (TPSA) is 67.4 Å². The maximum absolute atomic E-state index is 12.7. The zero-order chi connectivity index (χ0) is 20.0. The molecule has 0 spiro atoms. The summed E-state index contributed by atoms with van der Waals surface area (Å²) in [6.07, 6.45) is -5.02. The summed E-state index contributed by atoms with van der Waals surface area (Å²) in [5, 5.41) is 4.82. The van der Waals surface area contributed by atoms with Crippen molar-refractivity contribution in [2.75, 3.05) is 10.6 Å².